The Kier molecular flexibility index (Phi) is 4.90. The van der Waals surface area contributed by atoms with Crippen molar-refractivity contribution in [1.82, 2.24) is 15.3 Å². The SMILES string of the molecule is Cc1sc2nc([C@@H](C)OC(=O)CNC(=O)c3ccco3)[nH]c(=O)c2c1C. The van der Waals surface area contributed by atoms with E-state index in [0.29, 0.717) is 10.2 Å². The van der Waals surface area contributed by atoms with Crippen LogP contribution in [0.15, 0.2) is 27.6 Å². The number of hydrogen-bond donors (Lipinski definition) is 2. The quantitative estimate of drug-likeness (QED) is 0.661. The lowest BCUT2D eigenvalue weighted by atomic mass is 10.2. The standard InChI is InChI=1S/C17H17N3O5S/c1-8-10(3)26-17-13(8)16(23)19-14(20-17)9(2)25-12(21)7-18-15(22)11-5-4-6-24-11/h4-6,9H,7H2,1-3H3,(H,18,22)(H,19,20,23)/t9-/m1/s1. The van der Waals surface area contributed by atoms with Gasteiger partial charge in [0.15, 0.2) is 17.7 Å². The normalized spacial score (nSPS) is 12.1. The fraction of sp³-hybridized carbons (Fsp3) is 0.294. The van der Waals surface area contributed by atoms with Gasteiger partial charge in [0.2, 0.25) is 0 Å². The summed E-state index contributed by atoms with van der Waals surface area (Å²) in [5.41, 5.74) is 0.636. The van der Waals surface area contributed by atoms with Crippen LogP contribution in [0.3, 0.4) is 0 Å². The minimum absolute atomic E-state index is 0.103. The van der Waals surface area contributed by atoms with Crippen LogP contribution in [0, 0.1) is 13.8 Å². The van der Waals surface area contributed by atoms with E-state index < -0.39 is 18.0 Å². The maximum atomic E-state index is 12.3. The Morgan fingerprint density at radius 3 is 2.88 bits per heavy atom. The van der Waals surface area contributed by atoms with Crippen molar-refractivity contribution in [1.29, 1.82) is 0 Å². The molecular weight excluding hydrogens is 358 g/mol. The Morgan fingerprint density at radius 1 is 1.42 bits per heavy atom. The summed E-state index contributed by atoms with van der Waals surface area (Å²) >= 11 is 1.42. The highest BCUT2D eigenvalue weighted by Gasteiger charge is 2.19. The van der Waals surface area contributed by atoms with Gasteiger partial charge in [-0.25, -0.2) is 4.98 Å². The summed E-state index contributed by atoms with van der Waals surface area (Å²) in [4.78, 5) is 44.6. The number of furan rings is 1. The van der Waals surface area contributed by atoms with Crippen molar-refractivity contribution in [3.8, 4) is 0 Å². The van der Waals surface area contributed by atoms with Gasteiger partial charge < -0.3 is 19.5 Å². The van der Waals surface area contributed by atoms with Gasteiger partial charge in [0, 0.05) is 4.88 Å². The van der Waals surface area contributed by atoms with E-state index in [0.717, 1.165) is 10.4 Å². The molecule has 3 aromatic rings. The topological polar surface area (TPSA) is 114 Å². The summed E-state index contributed by atoms with van der Waals surface area (Å²) in [6.45, 7) is 5.07. The summed E-state index contributed by atoms with van der Waals surface area (Å²) in [7, 11) is 0. The average molecular weight is 375 g/mol. The number of nitrogens with zero attached hydrogens (tertiary/aromatic N) is 1. The number of nitrogens with one attached hydrogen (secondary N) is 2. The highest BCUT2D eigenvalue weighted by molar-refractivity contribution is 7.18. The number of esters is 1. The van der Waals surface area contributed by atoms with Crippen LogP contribution in [0.1, 0.15) is 39.8 Å². The number of aromatic amines is 1. The van der Waals surface area contributed by atoms with Crippen molar-refractivity contribution in [2.24, 2.45) is 0 Å². The van der Waals surface area contributed by atoms with Crippen molar-refractivity contribution in [3.63, 3.8) is 0 Å². The van der Waals surface area contributed by atoms with Crippen LogP contribution in [-0.2, 0) is 9.53 Å². The van der Waals surface area contributed by atoms with Crippen LogP contribution in [0.25, 0.3) is 10.2 Å². The fourth-order valence-corrected chi connectivity index (χ4v) is 3.44. The van der Waals surface area contributed by atoms with E-state index in [-0.39, 0.29) is 23.7 Å². The third-order valence-electron chi connectivity index (χ3n) is 3.89. The summed E-state index contributed by atoms with van der Waals surface area (Å²) in [5, 5.41) is 2.95. The van der Waals surface area contributed by atoms with Gasteiger partial charge in [-0.1, -0.05) is 0 Å². The number of rotatable bonds is 5. The van der Waals surface area contributed by atoms with E-state index in [9.17, 15) is 14.4 Å². The maximum absolute atomic E-state index is 12.3. The van der Waals surface area contributed by atoms with Gasteiger partial charge in [-0.15, -0.1) is 11.3 Å². The molecule has 0 saturated heterocycles. The Morgan fingerprint density at radius 2 is 2.19 bits per heavy atom. The maximum Gasteiger partial charge on any atom is 0.326 e. The molecule has 8 nitrogen and oxygen atoms in total. The van der Waals surface area contributed by atoms with Crippen molar-refractivity contribution in [2.45, 2.75) is 26.9 Å². The van der Waals surface area contributed by atoms with E-state index in [1.165, 1.54) is 23.7 Å². The number of hydrogen-bond acceptors (Lipinski definition) is 7. The molecule has 0 spiro atoms. The third-order valence-corrected chi connectivity index (χ3v) is 4.99. The molecule has 136 valence electrons. The molecule has 0 aliphatic carbocycles. The Hall–Kier alpha value is -2.94. The number of carbonyl (C=O) groups excluding carboxylic acids is 2. The van der Waals surface area contributed by atoms with E-state index in [4.69, 9.17) is 9.15 Å². The minimum atomic E-state index is -0.761. The summed E-state index contributed by atoms with van der Waals surface area (Å²) in [5.74, 6) is -0.809. The highest BCUT2D eigenvalue weighted by atomic mass is 32.1. The smallest absolute Gasteiger partial charge is 0.326 e. The number of amides is 1. The molecule has 0 bridgehead atoms. The number of ether oxygens (including phenoxy) is 1. The van der Waals surface area contributed by atoms with Gasteiger partial charge in [0.1, 0.15) is 11.4 Å². The molecule has 0 radical (unpaired) electrons. The van der Waals surface area contributed by atoms with Crippen molar-refractivity contribution in [3.05, 3.63) is 50.8 Å². The monoisotopic (exact) mass is 375 g/mol. The molecule has 2 N–H and O–H groups in total. The van der Waals surface area contributed by atoms with E-state index in [1.54, 1.807) is 13.0 Å². The Labute approximate surface area is 152 Å². The first kappa shape index (κ1) is 17.9. The molecule has 0 unspecified atom stereocenters. The lowest BCUT2D eigenvalue weighted by Gasteiger charge is -2.12. The van der Waals surface area contributed by atoms with Crippen LogP contribution in [-0.4, -0.2) is 28.4 Å². The van der Waals surface area contributed by atoms with E-state index in [1.807, 2.05) is 13.8 Å². The number of aromatic nitrogens is 2. The minimum Gasteiger partial charge on any atom is -0.459 e. The molecule has 3 heterocycles. The number of thiophene rings is 1. The van der Waals surface area contributed by atoms with Crippen LogP contribution in [0.5, 0.6) is 0 Å². The van der Waals surface area contributed by atoms with Crippen molar-refractivity contribution in [2.75, 3.05) is 6.54 Å². The van der Waals surface area contributed by atoms with Gasteiger partial charge in [0.05, 0.1) is 11.6 Å². The first-order valence-corrected chi connectivity index (χ1v) is 8.69. The molecule has 0 aliphatic rings. The lowest BCUT2D eigenvalue weighted by Crippen LogP contribution is -2.31. The van der Waals surface area contributed by atoms with Gasteiger partial charge in [0.25, 0.3) is 11.5 Å². The number of fused-ring (bicyclic) bond motifs is 1. The molecule has 0 saturated carbocycles. The molecule has 1 atom stereocenters. The van der Waals surface area contributed by atoms with Gasteiger partial charge >= 0.3 is 5.97 Å². The fourth-order valence-electron chi connectivity index (χ4n) is 2.41. The van der Waals surface area contributed by atoms with Crippen LogP contribution < -0.4 is 10.9 Å². The highest BCUT2D eigenvalue weighted by Crippen LogP contribution is 2.26. The Bertz CT molecular complexity index is 1020. The molecular formula is C17H17N3O5S. The Balaban J connectivity index is 1.67. The predicted octanol–water partition coefficient (Wildman–Crippen LogP) is 2.23. The molecule has 9 heteroatoms. The molecule has 1 amide bonds. The second-order valence-corrected chi connectivity index (χ2v) is 6.91. The predicted molar refractivity (Wildman–Crippen MR) is 95.3 cm³/mol. The van der Waals surface area contributed by atoms with E-state index in [2.05, 4.69) is 15.3 Å². The second kappa shape index (κ2) is 7.12. The number of H-pyrrole nitrogens is 1. The first-order valence-electron chi connectivity index (χ1n) is 7.88. The molecule has 3 rings (SSSR count). The first-order chi connectivity index (χ1) is 12.4. The second-order valence-electron chi connectivity index (χ2n) is 5.71. The summed E-state index contributed by atoms with van der Waals surface area (Å²) in [6.07, 6.45) is 0.601. The molecule has 3 aromatic heterocycles. The van der Waals surface area contributed by atoms with Crippen molar-refractivity contribution >= 4 is 33.4 Å². The zero-order valence-corrected chi connectivity index (χ0v) is 15.2. The third kappa shape index (κ3) is 3.52. The van der Waals surface area contributed by atoms with Crippen molar-refractivity contribution < 1.29 is 18.7 Å². The zero-order chi connectivity index (χ0) is 18.8. The number of aryl methyl sites for hydroxylation is 2. The van der Waals surface area contributed by atoms with Crippen LogP contribution in [0.2, 0.25) is 0 Å². The lowest BCUT2D eigenvalue weighted by molar-refractivity contribution is -0.147. The molecule has 0 aliphatic heterocycles. The number of carbonyl (C=O) groups is 2. The molecule has 0 aromatic carbocycles. The van der Waals surface area contributed by atoms with Crippen LogP contribution >= 0.6 is 11.3 Å². The average Bonchev–Trinajstić information content (AvgIpc) is 3.22. The van der Waals surface area contributed by atoms with Gasteiger partial charge in [-0.05, 0) is 38.5 Å². The van der Waals surface area contributed by atoms with E-state index >= 15 is 0 Å². The van der Waals surface area contributed by atoms with Crippen LogP contribution in [0.4, 0.5) is 0 Å². The molecule has 0 fully saturated rings. The molecule has 26 heavy (non-hydrogen) atoms. The largest absolute Gasteiger partial charge is 0.459 e. The zero-order valence-electron chi connectivity index (χ0n) is 14.4. The summed E-state index contributed by atoms with van der Waals surface area (Å²) in [6, 6.07) is 3.06. The summed E-state index contributed by atoms with van der Waals surface area (Å²) < 4.78 is 10.2. The van der Waals surface area contributed by atoms with Gasteiger partial charge in [-0.3, -0.25) is 14.4 Å². The van der Waals surface area contributed by atoms with Gasteiger partial charge in [-0.2, -0.15) is 0 Å².